The van der Waals surface area contributed by atoms with Crippen LogP contribution in [0.3, 0.4) is 0 Å². The molecule has 1 aliphatic heterocycles. The summed E-state index contributed by atoms with van der Waals surface area (Å²) in [5, 5.41) is 3.65. The first-order valence-electron chi connectivity index (χ1n) is 7.52. The standard InChI is InChI=1S/C16H27NOS/c1-4-14-5-6-15(19-14)11-16(12-17-13(2)3)7-9-18-10-8-16/h5-6,13,17H,4,7-12H2,1-3H3. The van der Waals surface area contributed by atoms with E-state index in [1.165, 1.54) is 24.1 Å². The van der Waals surface area contributed by atoms with Gasteiger partial charge in [0.15, 0.2) is 0 Å². The fraction of sp³-hybridized carbons (Fsp3) is 0.750. The predicted octanol–water partition coefficient (Wildman–Crippen LogP) is 3.65. The third-order valence-corrected chi connectivity index (χ3v) is 5.28. The van der Waals surface area contributed by atoms with Crippen LogP contribution in [0.15, 0.2) is 12.1 Å². The van der Waals surface area contributed by atoms with Gasteiger partial charge >= 0.3 is 0 Å². The van der Waals surface area contributed by atoms with Crippen LogP contribution < -0.4 is 5.32 Å². The molecule has 19 heavy (non-hydrogen) atoms. The molecule has 108 valence electrons. The normalized spacial score (nSPS) is 18.9. The monoisotopic (exact) mass is 281 g/mol. The lowest BCUT2D eigenvalue weighted by Gasteiger charge is -2.38. The van der Waals surface area contributed by atoms with Crippen LogP contribution in [0.2, 0.25) is 0 Å². The van der Waals surface area contributed by atoms with Crippen LogP contribution >= 0.6 is 11.3 Å². The van der Waals surface area contributed by atoms with E-state index in [9.17, 15) is 0 Å². The van der Waals surface area contributed by atoms with Crippen molar-refractivity contribution >= 4 is 11.3 Å². The Bertz CT molecular complexity index is 380. The van der Waals surface area contributed by atoms with Crippen molar-refractivity contribution < 1.29 is 4.74 Å². The van der Waals surface area contributed by atoms with Gasteiger partial charge < -0.3 is 10.1 Å². The number of rotatable bonds is 6. The SMILES string of the molecule is CCc1ccc(CC2(CNC(C)C)CCOCC2)s1. The van der Waals surface area contributed by atoms with Crippen LogP contribution in [-0.4, -0.2) is 25.8 Å². The molecule has 1 aliphatic rings. The van der Waals surface area contributed by atoms with E-state index in [1.807, 2.05) is 11.3 Å². The molecule has 2 nitrogen and oxygen atoms in total. The number of ether oxygens (including phenoxy) is 1. The van der Waals surface area contributed by atoms with Gasteiger partial charge in [0.1, 0.15) is 0 Å². The highest BCUT2D eigenvalue weighted by Gasteiger charge is 2.33. The van der Waals surface area contributed by atoms with Crippen LogP contribution in [0.5, 0.6) is 0 Å². The van der Waals surface area contributed by atoms with E-state index in [2.05, 4.69) is 38.2 Å². The highest BCUT2D eigenvalue weighted by molar-refractivity contribution is 7.11. The minimum absolute atomic E-state index is 0.401. The Hall–Kier alpha value is -0.380. The summed E-state index contributed by atoms with van der Waals surface area (Å²) in [4.78, 5) is 3.05. The Morgan fingerprint density at radius 2 is 1.95 bits per heavy atom. The zero-order valence-corrected chi connectivity index (χ0v) is 13.3. The molecule has 0 radical (unpaired) electrons. The van der Waals surface area contributed by atoms with Crippen molar-refractivity contribution in [2.75, 3.05) is 19.8 Å². The summed E-state index contributed by atoms with van der Waals surface area (Å²) >= 11 is 1.99. The van der Waals surface area contributed by atoms with Gasteiger partial charge in [-0.25, -0.2) is 0 Å². The van der Waals surface area contributed by atoms with Crippen LogP contribution in [0, 0.1) is 5.41 Å². The molecule has 1 fully saturated rings. The van der Waals surface area contributed by atoms with Crippen LogP contribution in [0.4, 0.5) is 0 Å². The van der Waals surface area contributed by atoms with Gasteiger partial charge in [-0.3, -0.25) is 0 Å². The van der Waals surface area contributed by atoms with Gasteiger partial charge in [-0.05, 0) is 43.2 Å². The molecule has 0 amide bonds. The van der Waals surface area contributed by atoms with E-state index in [-0.39, 0.29) is 0 Å². The quantitative estimate of drug-likeness (QED) is 0.859. The maximum absolute atomic E-state index is 5.57. The topological polar surface area (TPSA) is 21.3 Å². The smallest absolute Gasteiger partial charge is 0.0471 e. The maximum atomic E-state index is 5.57. The van der Waals surface area contributed by atoms with E-state index in [0.717, 1.165) is 26.2 Å². The third-order valence-electron chi connectivity index (χ3n) is 4.05. The van der Waals surface area contributed by atoms with Gasteiger partial charge in [0, 0.05) is 35.6 Å². The molecule has 0 atom stereocenters. The number of hydrogen-bond donors (Lipinski definition) is 1. The van der Waals surface area contributed by atoms with Crippen molar-refractivity contribution in [1.82, 2.24) is 5.32 Å². The summed E-state index contributed by atoms with van der Waals surface area (Å²) in [7, 11) is 0. The Labute approximate surface area is 121 Å². The molecular formula is C16H27NOS. The lowest BCUT2D eigenvalue weighted by atomic mass is 9.76. The van der Waals surface area contributed by atoms with Crippen LogP contribution in [0.25, 0.3) is 0 Å². The van der Waals surface area contributed by atoms with Gasteiger partial charge in [0.2, 0.25) is 0 Å². The minimum atomic E-state index is 0.401. The predicted molar refractivity (Wildman–Crippen MR) is 83.0 cm³/mol. The van der Waals surface area contributed by atoms with Crippen LogP contribution in [0.1, 0.15) is 43.4 Å². The summed E-state index contributed by atoms with van der Waals surface area (Å²) in [6, 6.07) is 5.19. The Kier molecular flexibility index (Phi) is 5.43. The van der Waals surface area contributed by atoms with E-state index < -0.39 is 0 Å². The molecular weight excluding hydrogens is 254 g/mol. The lowest BCUT2D eigenvalue weighted by molar-refractivity contribution is 0.0144. The molecule has 0 spiro atoms. The summed E-state index contributed by atoms with van der Waals surface area (Å²) < 4.78 is 5.57. The molecule has 3 heteroatoms. The Morgan fingerprint density at radius 1 is 1.26 bits per heavy atom. The molecule has 0 aliphatic carbocycles. The van der Waals surface area contributed by atoms with E-state index in [1.54, 1.807) is 4.88 Å². The molecule has 1 N–H and O–H groups in total. The second-order valence-corrected chi connectivity index (χ2v) is 7.30. The largest absolute Gasteiger partial charge is 0.381 e. The first-order valence-corrected chi connectivity index (χ1v) is 8.34. The maximum Gasteiger partial charge on any atom is 0.0471 e. The van der Waals surface area contributed by atoms with Crippen molar-refractivity contribution in [2.45, 2.75) is 52.5 Å². The molecule has 1 aromatic heterocycles. The summed E-state index contributed by atoms with van der Waals surface area (Å²) in [5.74, 6) is 0. The minimum Gasteiger partial charge on any atom is -0.381 e. The number of nitrogens with one attached hydrogen (secondary N) is 1. The Morgan fingerprint density at radius 3 is 2.53 bits per heavy atom. The van der Waals surface area contributed by atoms with Gasteiger partial charge in [-0.2, -0.15) is 0 Å². The van der Waals surface area contributed by atoms with Gasteiger partial charge in [-0.15, -0.1) is 11.3 Å². The zero-order valence-electron chi connectivity index (χ0n) is 12.5. The third kappa shape index (κ3) is 4.30. The van der Waals surface area contributed by atoms with Crippen molar-refractivity contribution in [3.63, 3.8) is 0 Å². The molecule has 2 rings (SSSR count). The van der Waals surface area contributed by atoms with Crippen molar-refractivity contribution in [3.8, 4) is 0 Å². The summed E-state index contributed by atoms with van der Waals surface area (Å²) in [6.07, 6.45) is 4.74. The number of thiophene rings is 1. The first kappa shape index (κ1) is 15.0. The fourth-order valence-electron chi connectivity index (χ4n) is 2.72. The molecule has 1 aromatic rings. The fourth-order valence-corrected chi connectivity index (χ4v) is 3.85. The second-order valence-electron chi connectivity index (χ2n) is 6.05. The second kappa shape index (κ2) is 6.87. The number of hydrogen-bond acceptors (Lipinski definition) is 3. The number of aryl methyl sites for hydroxylation is 1. The van der Waals surface area contributed by atoms with E-state index in [4.69, 9.17) is 4.74 Å². The molecule has 0 bridgehead atoms. The highest BCUT2D eigenvalue weighted by atomic mass is 32.1. The summed E-state index contributed by atoms with van der Waals surface area (Å²) in [5.41, 5.74) is 0.401. The average molecular weight is 281 g/mol. The van der Waals surface area contributed by atoms with Crippen molar-refractivity contribution in [2.24, 2.45) is 5.41 Å². The van der Waals surface area contributed by atoms with Gasteiger partial charge in [-0.1, -0.05) is 20.8 Å². The molecule has 0 unspecified atom stereocenters. The summed E-state index contributed by atoms with van der Waals surface area (Å²) in [6.45, 7) is 9.66. The van der Waals surface area contributed by atoms with E-state index >= 15 is 0 Å². The molecule has 0 aromatic carbocycles. The molecule has 0 saturated carbocycles. The highest BCUT2D eigenvalue weighted by Crippen LogP contribution is 2.36. The lowest BCUT2D eigenvalue weighted by Crippen LogP contribution is -2.42. The van der Waals surface area contributed by atoms with E-state index in [0.29, 0.717) is 11.5 Å². The molecule has 1 saturated heterocycles. The first-order chi connectivity index (χ1) is 9.13. The van der Waals surface area contributed by atoms with Gasteiger partial charge in [0.25, 0.3) is 0 Å². The van der Waals surface area contributed by atoms with Crippen molar-refractivity contribution in [1.29, 1.82) is 0 Å². The van der Waals surface area contributed by atoms with Gasteiger partial charge in [0.05, 0.1) is 0 Å². The van der Waals surface area contributed by atoms with Crippen molar-refractivity contribution in [3.05, 3.63) is 21.9 Å². The zero-order chi connectivity index (χ0) is 13.7. The Balaban J connectivity index is 2.03. The molecule has 2 heterocycles. The average Bonchev–Trinajstić information content (AvgIpc) is 2.85. The van der Waals surface area contributed by atoms with Crippen LogP contribution in [-0.2, 0) is 17.6 Å².